The molecule has 0 radical (unpaired) electrons. The van der Waals surface area contributed by atoms with E-state index in [1.54, 1.807) is 18.4 Å². The molecule has 0 aliphatic carbocycles. The number of anilines is 1. The molecule has 0 unspecified atom stereocenters. The van der Waals surface area contributed by atoms with Gasteiger partial charge in [0.15, 0.2) is 5.75 Å². The lowest BCUT2D eigenvalue weighted by Crippen LogP contribution is -2.56. The lowest BCUT2D eigenvalue weighted by Gasteiger charge is -2.44. The fraction of sp³-hybridized carbons (Fsp3) is 0.714. The van der Waals surface area contributed by atoms with Crippen LogP contribution >= 0.6 is 11.3 Å². The van der Waals surface area contributed by atoms with Gasteiger partial charge < -0.3 is 15.3 Å². The Morgan fingerprint density at radius 1 is 1.55 bits per heavy atom. The number of hydrogen-bond acceptors (Lipinski definition) is 6. The first-order valence-electron chi connectivity index (χ1n) is 7.15. The highest BCUT2D eigenvalue weighted by Gasteiger charge is 2.42. The third kappa shape index (κ3) is 2.53. The summed E-state index contributed by atoms with van der Waals surface area (Å²) >= 11 is 1.57. The SMILES string of the molecule is COCCN1CCC[C@@](C)(N2Cc3c(csc3N)O2)C1. The van der Waals surface area contributed by atoms with Crippen molar-refractivity contribution >= 4 is 16.3 Å². The number of nitrogens with zero attached hydrogens (tertiary/aromatic N) is 2. The summed E-state index contributed by atoms with van der Waals surface area (Å²) in [4.78, 5) is 8.49. The summed E-state index contributed by atoms with van der Waals surface area (Å²) in [5, 5.41) is 5.03. The molecule has 0 aromatic carbocycles. The molecule has 0 saturated carbocycles. The minimum atomic E-state index is 0.0507. The molecule has 0 amide bonds. The van der Waals surface area contributed by atoms with Crippen LogP contribution in [0.1, 0.15) is 25.3 Å². The molecule has 2 N–H and O–H groups in total. The third-order valence-electron chi connectivity index (χ3n) is 4.37. The first kappa shape index (κ1) is 14.1. The minimum absolute atomic E-state index is 0.0507. The number of nitrogen functional groups attached to an aromatic ring is 1. The van der Waals surface area contributed by atoms with Crippen molar-refractivity contribution in [3.8, 4) is 5.75 Å². The van der Waals surface area contributed by atoms with Gasteiger partial charge in [-0.05, 0) is 26.3 Å². The van der Waals surface area contributed by atoms with Gasteiger partial charge in [0.05, 0.1) is 23.7 Å². The lowest BCUT2D eigenvalue weighted by molar-refractivity contribution is -0.150. The maximum atomic E-state index is 6.03. The van der Waals surface area contributed by atoms with Gasteiger partial charge in [0.25, 0.3) is 0 Å². The van der Waals surface area contributed by atoms with Crippen LogP contribution in [0.25, 0.3) is 0 Å². The zero-order chi connectivity index (χ0) is 14.2. The third-order valence-corrected chi connectivity index (χ3v) is 5.20. The van der Waals surface area contributed by atoms with Crippen molar-refractivity contribution in [1.82, 2.24) is 9.96 Å². The molecule has 3 rings (SSSR count). The van der Waals surface area contributed by atoms with Gasteiger partial charge in [0, 0.05) is 31.1 Å². The molecule has 1 aromatic rings. The highest BCUT2D eigenvalue weighted by atomic mass is 32.1. The minimum Gasteiger partial charge on any atom is -0.404 e. The zero-order valence-corrected chi connectivity index (χ0v) is 13.0. The van der Waals surface area contributed by atoms with Gasteiger partial charge >= 0.3 is 0 Å². The normalized spacial score (nSPS) is 27.5. The summed E-state index contributed by atoms with van der Waals surface area (Å²) in [6, 6.07) is 0. The monoisotopic (exact) mass is 297 g/mol. The molecule has 3 heterocycles. The van der Waals surface area contributed by atoms with Crippen molar-refractivity contribution < 1.29 is 9.57 Å². The summed E-state index contributed by atoms with van der Waals surface area (Å²) in [6.45, 7) is 7.04. The largest absolute Gasteiger partial charge is 0.404 e. The molecule has 20 heavy (non-hydrogen) atoms. The van der Waals surface area contributed by atoms with Crippen LogP contribution in [0.2, 0.25) is 0 Å². The van der Waals surface area contributed by atoms with E-state index < -0.39 is 0 Å². The van der Waals surface area contributed by atoms with E-state index in [-0.39, 0.29) is 5.54 Å². The van der Waals surface area contributed by atoms with Crippen molar-refractivity contribution in [1.29, 1.82) is 0 Å². The van der Waals surface area contributed by atoms with E-state index in [2.05, 4.69) is 16.9 Å². The average Bonchev–Trinajstić information content (AvgIpc) is 3.00. The number of hydroxylamine groups is 2. The van der Waals surface area contributed by atoms with E-state index in [4.69, 9.17) is 15.3 Å². The Morgan fingerprint density at radius 3 is 3.15 bits per heavy atom. The number of methoxy groups -OCH3 is 1. The summed E-state index contributed by atoms with van der Waals surface area (Å²) in [6.07, 6.45) is 2.35. The number of ether oxygens (including phenoxy) is 1. The number of hydrogen-bond donors (Lipinski definition) is 1. The molecule has 6 heteroatoms. The van der Waals surface area contributed by atoms with E-state index in [1.165, 1.54) is 6.42 Å². The van der Waals surface area contributed by atoms with Crippen LogP contribution in [0.5, 0.6) is 5.75 Å². The smallest absolute Gasteiger partial charge is 0.164 e. The molecule has 0 spiro atoms. The van der Waals surface area contributed by atoms with E-state index in [0.717, 1.165) is 55.5 Å². The zero-order valence-electron chi connectivity index (χ0n) is 12.2. The summed E-state index contributed by atoms with van der Waals surface area (Å²) < 4.78 is 5.19. The number of likely N-dealkylation sites (tertiary alicyclic amines) is 1. The van der Waals surface area contributed by atoms with Gasteiger partial charge in [-0.25, -0.2) is 0 Å². The van der Waals surface area contributed by atoms with Crippen LogP contribution in [-0.2, 0) is 11.3 Å². The van der Waals surface area contributed by atoms with E-state index in [9.17, 15) is 0 Å². The number of nitrogens with two attached hydrogens (primary N) is 1. The standard InChI is InChI=1S/C14H23N3O2S/c1-14(4-3-5-16(10-14)6-7-18-2)17-8-11-12(19-17)9-20-13(11)15/h9H,3-8,10,15H2,1-2H3/t14-/m1/s1. The van der Waals surface area contributed by atoms with Gasteiger partial charge in [-0.15, -0.1) is 16.4 Å². The fourth-order valence-corrected chi connectivity index (χ4v) is 3.87. The number of rotatable bonds is 4. The maximum absolute atomic E-state index is 6.03. The van der Waals surface area contributed by atoms with Crippen LogP contribution in [0, 0.1) is 0 Å². The van der Waals surface area contributed by atoms with Crippen LogP contribution in [0.3, 0.4) is 0 Å². The second-order valence-corrected chi connectivity index (χ2v) is 6.85. The van der Waals surface area contributed by atoms with Crippen molar-refractivity contribution in [2.45, 2.75) is 31.8 Å². The Labute approximate surface area is 124 Å². The molecule has 1 aromatic heterocycles. The van der Waals surface area contributed by atoms with Gasteiger partial charge in [-0.2, -0.15) is 0 Å². The predicted molar refractivity (Wildman–Crippen MR) is 80.9 cm³/mol. The summed E-state index contributed by atoms with van der Waals surface area (Å²) in [7, 11) is 1.76. The average molecular weight is 297 g/mol. The number of thiophene rings is 1. The van der Waals surface area contributed by atoms with E-state index in [1.807, 2.05) is 5.38 Å². The van der Waals surface area contributed by atoms with Gasteiger partial charge in [0.2, 0.25) is 0 Å². The Morgan fingerprint density at radius 2 is 2.40 bits per heavy atom. The molecule has 5 nitrogen and oxygen atoms in total. The lowest BCUT2D eigenvalue weighted by atomic mass is 9.90. The molecular formula is C14H23N3O2S. The molecule has 2 aliphatic heterocycles. The van der Waals surface area contributed by atoms with Crippen LogP contribution < -0.4 is 10.6 Å². The summed E-state index contributed by atoms with van der Waals surface area (Å²) in [5.41, 5.74) is 7.21. The fourth-order valence-electron chi connectivity index (χ4n) is 3.15. The molecule has 112 valence electrons. The van der Waals surface area contributed by atoms with Crippen molar-refractivity contribution in [2.24, 2.45) is 0 Å². The maximum Gasteiger partial charge on any atom is 0.164 e. The van der Waals surface area contributed by atoms with Gasteiger partial charge in [-0.1, -0.05) is 0 Å². The van der Waals surface area contributed by atoms with E-state index >= 15 is 0 Å². The van der Waals surface area contributed by atoms with Gasteiger partial charge in [0.1, 0.15) is 0 Å². The Bertz CT molecular complexity index is 479. The number of piperidine rings is 1. The highest BCUT2D eigenvalue weighted by Crippen LogP contribution is 2.42. The molecule has 0 bridgehead atoms. The van der Waals surface area contributed by atoms with Crippen LogP contribution in [0.4, 0.5) is 5.00 Å². The Balaban J connectivity index is 1.67. The van der Waals surface area contributed by atoms with Crippen molar-refractivity contribution in [3.63, 3.8) is 0 Å². The Kier molecular flexibility index (Phi) is 3.90. The Hall–Kier alpha value is -0.820. The molecule has 1 fully saturated rings. The first-order valence-corrected chi connectivity index (χ1v) is 8.03. The van der Waals surface area contributed by atoms with E-state index in [0.29, 0.717) is 0 Å². The highest BCUT2D eigenvalue weighted by molar-refractivity contribution is 7.14. The molecular weight excluding hydrogens is 274 g/mol. The number of fused-ring (bicyclic) bond motifs is 1. The molecule has 1 saturated heterocycles. The van der Waals surface area contributed by atoms with Crippen molar-refractivity contribution in [3.05, 3.63) is 10.9 Å². The topological polar surface area (TPSA) is 51.0 Å². The quantitative estimate of drug-likeness (QED) is 0.920. The first-order chi connectivity index (χ1) is 9.62. The van der Waals surface area contributed by atoms with Crippen molar-refractivity contribution in [2.75, 3.05) is 39.1 Å². The predicted octanol–water partition coefficient (Wildman–Crippen LogP) is 1.94. The van der Waals surface area contributed by atoms with Crippen LogP contribution in [0.15, 0.2) is 5.38 Å². The summed E-state index contributed by atoms with van der Waals surface area (Å²) in [5.74, 6) is 0.947. The molecule has 2 aliphatic rings. The van der Waals surface area contributed by atoms with Gasteiger partial charge in [-0.3, -0.25) is 4.90 Å². The van der Waals surface area contributed by atoms with Crippen LogP contribution in [-0.4, -0.2) is 48.9 Å². The second kappa shape index (κ2) is 5.52. The molecule has 1 atom stereocenters. The second-order valence-electron chi connectivity index (χ2n) is 5.94.